The number of hydrogen-bond acceptors (Lipinski definition) is 3. The zero-order chi connectivity index (χ0) is 17.6. The number of amides is 2. The molecule has 0 aromatic carbocycles. The van der Waals surface area contributed by atoms with Gasteiger partial charge in [-0.15, -0.1) is 0 Å². The monoisotopic (exact) mass is 341 g/mol. The van der Waals surface area contributed by atoms with Crippen LogP contribution in [0, 0.1) is 5.92 Å². The van der Waals surface area contributed by atoms with Gasteiger partial charge in [-0.3, -0.25) is 9.88 Å². The minimum absolute atomic E-state index is 0.00774. The number of nitrogens with zero attached hydrogens (tertiary/aromatic N) is 4. The summed E-state index contributed by atoms with van der Waals surface area (Å²) < 4.78 is 2.06. The molecule has 25 heavy (non-hydrogen) atoms. The number of carbonyl (C=O) groups is 1. The summed E-state index contributed by atoms with van der Waals surface area (Å²) in [6.07, 6.45) is 8.84. The fourth-order valence-corrected chi connectivity index (χ4v) is 3.68. The molecule has 2 atom stereocenters. The van der Waals surface area contributed by atoms with Crippen LogP contribution in [0.3, 0.4) is 0 Å². The Morgan fingerprint density at radius 3 is 2.88 bits per heavy atom. The predicted octanol–water partition coefficient (Wildman–Crippen LogP) is 2.22. The third-order valence-corrected chi connectivity index (χ3v) is 4.97. The molecule has 0 saturated carbocycles. The minimum Gasteiger partial charge on any atom is -0.353 e. The van der Waals surface area contributed by atoms with Crippen LogP contribution in [0.4, 0.5) is 4.79 Å². The molecule has 2 amide bonds. The van der Waals surface area contributed by atoms with E-state index in [1.165, 1.54) is 5.56 Å². The molecule has 3 heterocycles. The van der Waals surface area contributed by atoms with E-state index in [9.17, 15) is 4.79 Å². The second kappa shape index (κ2) is 8.16. The molecule has 1 N–H and O–H groups in total. The van der Waals surface area contributed by atoms with Gasteiger partial charge in [0.1, 0.15) is 0 Å². The lowest BCUT2D eigenvalue weighted by Crippen LogP contribution is -2.41. The van der Waals surface area contributed by atoms with E-state index in [4.69, 9.17) is 0 Å². The van der Waals surface area contributed by atoms with Crippen molar-refractivity contribution in [2.45, 2.75) is 19.0 Å². The van der Waals surface area contributed by atoms with Crippen LogP contribution in [0.5, 0.6) is 0 Å². The van der Waals surface area contributed by atoms with Gasteiger partial charge in [-0.25, -0.2) is 4.79 Å². The van der Waals surface area contributed by atoms with Crippen LogP contribution in [-0.4, -0.2) is 59.1 Å². The Balaban J connectivity index is 1.52. The molecule has 3 rings (SSSR count). The number of aromatic nitrogens is 2. The molecule has 0 spiro atoms. The average molecular weight is 341 g/mol. The van der Waals surface area contributed by atoms with Crippen molar-refractivity contribution in [3.05, 3.63) is 54.6 Å². The molecule has 134 valence electrons. The van der Waals surface area contributed by atoms with Crippen molar-refractivity contribution in [3.63, 3.8) is 0 Å². The third-order valence-electron chi connectivity index (χ3n) is 4.97. The second-order valence-corrected chi connectivity index (χ2v) is 6.79. The molecule has 1 fully saturated rings. The number of rotatable bonds is 6. The van der Waals surface area contributed by atoms with E-state index in [1.807, 2.05) is 48.7 Å². The van der Waals surface area contributed by atoms with Gasteiger partial charge in [-0.1, -0.05) is 6.07 Å². The number of carbonyl (C=O) groups excluding carboxylic acids is 1. The molecule has 2 aromatic rings. The van der Waals surface area contributed by atoms with Gasteiger partial charge in [0.05, 0.1) is 0 Å². The van der Waals surface area contributed by atoms with E-state index in [0.29, 0.717) is 18.5 Å². The predicted molar refractivity (Wildman–Crippen MR) is 98.2 cm³/mol. The second-order valence-electron chi connectivity index (χ2n) is 6.79. The average Bonchev–Trinajstić information content (AvgIpc) is 3.25. The van der Waals surface area contributed by atoms with Crippen LogP contribution in [-0.2, 0) is 6.54 Å². The van der Waals surface area contributed by atoms with E-state index in [2.05, 4.69) is 32.9 Å². The van der Waals surface area contributed by atoms with Gasteiger partial charge in [0.15, 0.2) is 0 Å². The highest BCUT2D eigenvalue weighted by atomic mass is 16.2. The van der Waals surface area contributed by atoms with Crippen molar-refractivity contribution in [2.24, 2.45) is 5.92 Å². The molecule has 6 heteroatoms. The fourth-order valence-electron chi connectivity index (χ4n) is 3.68. The highest BCUT2D eigenvalue weighted by molar-refractivity contribution is 5.73. The zero-order valence-corrected chi connectivity index (χ0v) is 15.0. The standard InChI is InChI=1S/C19H27N5O/c1-22-12-7-17(18(22)16-6-5-8-20-14-16)15-23(2)19(25)21-9-13-24-10-3-4-11-24/h3-6,8,10-11,14,17-18H,7,9,12-13,15H2,1-2H3,(H,21,25)/t17-,18-/m0/s1. The summed E-state index contributed by atoms with van der Waals surface area (Å²) in [5, 5.41) is 3.00. The molecule has 0 radical (unpaired) electrons. The van der Waals surface area contributed by atoms with E-state index >= 15 is 0 Å². The third kappa shape index (κ3) is 4.39. The summed E-state index contributed by atoms with van der Waals surface area (Å²) in [5.41, 5.74) is 1.23. The Hall–Kier alpha value is -2.34. The minimum atomic E-state index is -0.00774. The Morgan fingerprint density at radius 1 is 1.36 bits per heavy atom. The molecule has 0 aliphatic carbocycles. The molecule has 0 bridgehead atoms. The van der Waals surface area contributed by atoms with E-state index in [-0.39, 0.29) is 6.03 Å². The Morgan fingerprint density at radius 2 is 2.16 bits per heavy atom. The van der Waals surface area contributed by atoms with Gasteiger partial charge in [0.2, 0.25) is 0 Å². The van der Waals surface area contributed by atoms with Crippen LogP contribution < -0.4 is 5.32 Å². The first-order chi connectivity index (χ1) is 12.1. The number of likely N-dealkylation sites (tertiary alicyclic amines) is 1. The first-order valence-corrected chi connectivity index (χ1v) is 8.85. The number of nitrogens with one attached hydrogen (secondary N) is 1. The first-order valence-electron chi connectivity index (χ1n) is 8.85. The van der Waals surface area contributed by atoms with E-state index in [0.717, 1.165) is 26.1 Å². The maximum atomic E-state index is 12.4. The quantitative estimate of drug-likeness (QED) is 0.876. The van der Waals surface area contributed by atoms with Gasteiger partial charge in [0.25, 0.3) is 0 Å². The lowest BCUT2D eigenvalue weighted by molar-refractivity contribution is 0.189. The normalized spacial score (nSPS) is 20.6. The lowest BCUT2D eigenvalue weighted by Gasteiger charge is -2.28. The molecule has 2 aromatic heterocycles. The maximum Gasteiger partial charge on any atom is 0.317 e. The van der Waals surface area contributed by atoms with Gasteiger partial charge in [-0.2, -0.15) is 0 Å². The SMILES string of the molecule is CN(C[C@@H]1CCN(C)[C@H]1c1cccnc1)C(=O)NCCn1cccc1. The van der Waals surface area contributed by atoms with Crippen molar-refractivity contribution in [1.29, 1.82) is 0 Å². The van der Waals surface area contributed by atoms with Gasteiger partial charge in [0, 0.05) is 57.5 Å². The van der Waals surface area contributed by atoms with Crippen molar-refractivity contribution in [2.75, 3.05) is 33.7 Å². The van der Waals surface area contributed by atoms with E-state index < -0.39 is 0 Å². The highest BCUT2D eigenvalue weighted by Crippen LogP contribution is 2.35. The van der Waals surface area contributed by atoms with E-state index in [1.54, 1.807) is 6.20 Å². The molecule has 1 saturated heterocycles. The number of pyridine rings is 1. The first kappa shape index (κ1) is 17.5. The summed E-state index contributed by atoms with van der Waals surface area (Å²) in [6, 6.07) is 8.40. The van der Waals surface area contributed by atoms with Crippen molar-refractivity contribution < 1.29 is 4.79 Å². The smallest absolute Gasteiger partial charge is 0.317 e. The van der Waals surface area contributed by atoms with Crippen LogP contribution in [0.25, 0.3) is 0 Å². The molecule has 0 unspecified atom stereocenters. The topological polar surface area (TPSA) is 53.4 Å². The van der Waals surface area contributed by atoms with Crippen molar-refractivity contribution in [1.82, 2.24) is 24.7 Å². The van der Waals surface area contributed by atoms with Crippen LogP contribution in [0.2, 0.25) is 0 Å². The summed E-state index contributed by atoms with van der Waals surface area (Å²) in [4.78, 5) is 20.8. The molecule has 1 aliphatic heterocycles. The molecule has 6 nitrogen and oxygen atoms in total. The molecular formula is C19H27N5O. The molecule has 1 aliphatic rings. The Labute approximate surface area is 149 Å². The lowest BCUT2D eigenvalue weighted by atomic mass is 9.94. The van der Waals surface area contributed by atoms with Crippen LogP contribution in [0.15, 0.2) is 49.1 Å². The summed E-state index contributed by atoms with van der Waals surface area (Å²) in [7, 11) is 4.03. The van der Waals surface area contributed by atoms with Crippen LogP contribution in [0.1, 0.15) is 18.0 Å². The van der Waals surface area contributed by atoms with Crippen LogP contribution >= 0.6 is 0 Å². The fraction of sp³-hybridized carbons (Fsp3) is 0.474. The maximum absolute atomic E-state index is 12.4. The summed E-state index contributed by atoms with van der Waals surface area (Å²) in [5.74, 6) is 0.425. The highest BCUT2D eigenvalue weighted by Gasteiger charge is 2.34. The Kier molecular flexibility index (Phi) is 5.71. The van der Waals surface area contributed by atoms with Gasteiger partial charge < -0.3 is 14.8 Å². The van der Waals surface area contributed by atoms with Crippen molar-refractivity contribution >= 4 is 6.03 Å². The van der Waals surface area contributed by atoms with Gasteiger partial charge in [-0.05, 0) is 49.7 Å². The Bertz CT molecular complexity index is 658. The molecular weight excluding hydrogens is 314 g/mol. The van der Waals surface area contributed by atoms with Gasteiger partial charge >= 0.3 is 6.03 Å². The number of hydrogen-bond donors (Lipinski definition) is 1. The zero-order valence-electron chi connectivity index (χ0n) is 15.0. The summed E-state index contributed by atoms with van der Waals surface area (Å²) in [6.45, 7) is 3.22. The number of urea groups is 1. The summed E-state index contributed by atoms with van der Waals surface area (Å²) >= 11 is 0. The largest absolute Gasteiger partial charge is 0.353 e. The van der Waals surface area contributed by atoms with Crippen molar-refractivity contribution in [3.8, 4) is 0 Å².